The molecule has 0 saturated carbocycles. The van der Waals surface area contributed by atoms with Crippen molar-refractivity contribution in [2.45, 2.75) is 0 Å². The van der Waals surface area contributed by atoms with Crippen molar-refractivity contribution >= 4 is 27.4 Å². The molecule has 0 atom stereocenters. The first-order valence-corrected chi connectivity index (χ1v) is 4.03. The van der Waals surface area contributed by atoms with E-state index in [1.807, 2.05) is 4.08 Å². The van der Waals surface area contributed by atoms with Crippen LogP contribution in [0, 0.1) is 0 Å². The predicted molar refractivity (Wildman–Crippen MR) is 32.7 cm³/mol. The van der Waals surface area contributed by atoms with E-state index in [-0.39, 0.29) is 27.4 Å². The Hall–Kier alpha value is -0.0600. The molecule has 0 aromatic carbocycles. The summed E-state index contributed by atoms with van der Waals surface area (Å²) in [6.45, 7) is 0. The van der Waals surface area contributed by atoms with E-state index in [9.17, 15) is 4.79 Å². The maximum atomic E-state index is 10.1. The fraction of sp³-hybridized carbons (Fsp3) is 0. The topological polar surface area (TPSA) is 29.1 Å². The van der Waals surface area contributed by atoms with Gasteiger partial charge in [0, 0.05) is 0 Å². The zero-order chi connectivity index (χ0) is 4.41. The van der Waals surface area contributed by atoms with Gasteiger partial charge in [-0.1, -0.05) is 0 Å². The molecule has 3 heteroatoms. The van der Waals surface area contributed by atoms with E-state index in [1.165, 1.54) is 0 Å². The van der Waals surface area contributed by atoms with E-state index >= 15 is 0 Å². The third kappa shape index (κ3) is 0.707. The summed E-state index contributed by atoms with van der Waals surface area (Å²) in [5.41, 5.74) is 0. The fourth-order valence-corrected chi connectivity index (χ4v) is 1.49. The van der Waals surface area contributed by atoms with Crippen molar-refractivity contribution in [2.24, 2.45) is 0 Å². The van der Waals surface area contributed by atoms with Crippen LogP contribution in [0.5, 0.6) is 0 Å². The van der Waals surface area contributed by atoms with Gasteiger partial charge in [0.1, 0.15) is 0 Å². The minimum atomic E-state index is -0.221. The van der Waals surface area contributed by atoms with Gasteiger partial charge in [-0.2, -0.15) is 0 Å². The molecule has 6 heavy (non-hydrogen) atoms. The molecule has 0 spiro atoms. The van der Waals surface area contributed by atoms with Crippen molar-refractivity contribution in [1.82, 2.24) is 3.53 Å². The molecular weight excluding hydrogens is 193 g/mol. The summed E-state index contributed by atoms with van der Waals surface area (Å²) >= 11 is -0.221. The quantitative estimate of drug-likeness (QED) is 0.437. The zero-order valence-corrected chi connectivity index (χ0v) is 5.30. The van der Waals surface area contributed by atoms with Crippen LogP contribution < -0.4 is 3.53 Å². The van der Waals surface area contributed by atoms with E-state index in [4.69, 9.17) is 0 Å². The van der Waals surface area contributed by atoms with Crippen molar-refractivity contribution in [3.05, 3.63) is 10.2 Å². The molecule has 0 radical (unpaired) electrons. The first-order valence-electron chi connectivity index (χ1n) is 1.52. The number of hydrogen-bond acceptors (Lipinski definition) is 1. The Morgan fingerprint density at radius 3 is 2.83 bits per heavy atom. The van der Waals surface area contributed by atoms with Gasteiger partial charge in [0.2, 0.25) is 0 Å². The summed E-state index contributed by atoms with van der Waals surface area (Å²) in [6, 6.07) is 0. The molecule has 1 heterocycles. The molecule has 2 nitrogen and oxygen atoms in total. The summed E-state index contributed by atoms with van der Waals surface area (Å²) in [7, 11) is 0. The van der Waals surface area contributed by atoms with Gasteiger partial charge in [-0.15, -0.1) is 0 Å². The minimum absolute atomic E-state index is 0.0809. The Kier molecular flexibility index (Phi) is 1.09. The number of amides is 1. The Bertz CT molecular complexity index is 99.0. The van der Waals surface area contributed by atoms with Gasteiger partial charge in [-0.3, -0.25) is 0 Å². The van der Waals surface area contributed by atoms with Gasteiger partial charge < -0.3 is 0 Å². The van der Waals surface area contributed by atoms with Gasteiger partial charge in [0.05, 0.1) is 0 Å². The Morgan fingerprint density at radius 2 is 2.67 bits per heavy atom. The molecule has 1 amide bonds. The molecule has 0 aliphatic carbocycles. The Morgan fingerprint density at radius 1 is 1.83 bits per heavy atom. The number of nitrogens with one attached hydrogen (secondary N) is 1. The molecule has 0 unspecified atom stereocenters. The van der Waals surface area contributed by atoms with E-state index < -0.39 is 0 Å². The van der Waals surface area contributed by atoms with Crippen molar-refractivity contribution in [2.75, 3.05) is 0 Å². The third-order valence-electron chi connectivity index (χ3n) is 0.447. The monoisotopic (exact) mass is 197 g/mol. The number of halogens is 1. The molecule has 0 saturated heterocycles. The van der Waals surface area contributed by atoms with Gasteiger partial charge >= 0.3 is 45.9 Å². The Balaban J connectivity index is 2.59. The number of rotatable bonds is 0. The van der Waals surface area contributed by atoms with Gasteiger partial charge in [-0.05, 0) is 0 Å². The average molecular weight is 197 g/mol. The number of carbonyl (C=O) groups excluding carboxylic acids is 1. The van der Waals surface area contributed by atoms with Crippen molar-refractivity contribution in [1.29, 1.82) is 0 Å². The molecule has 0 fully saturated rings. The van der Waals surface area contributed by atoms with Crippen LogP contribution in [-0.4, -0.2) is 5.91 Å². The number of carbonyl (C=O) groups is 1. The van der Waals surface area contributed by atoms with Gasteiger partial charge in [0.25, 0.3) is 0 Å². The van der Waals surface area contributed by atoms with Crippen molar-refractivity contribution in [3.63, 3.8) is 0 Å². The maximum absolute atomic E-state index is 10.1. The summed E-state index contributed by atoms with van der Waals surface area (Å²) < 4.78 is 4.62. The van der Waals surface area contributed by atoms with Crippen LogP contribution in [0.15, 0.2) is 10.2 Å². The van der Waals surface area contributed by atoms with Crippen LogP contribution >= 0.6 is 21.5 Å². The molecule has 0 aromatic rings. The second-order valence-electron chi connectivity index (χ2n) is 0.887. The van der Waals surface area contributed by atoms with E-state index in [2.05, 4.69) is 3.53 Å². The van der Waals surface area contributed by atoms with Crippen LogP contribution in [-0.2, 0) is 4.79 Å². The summed E-state index contributed by atoms with van der Waals surface area (Å²) in [4.78, 5) is 10.1. The van der Waals surface area contributed by atoms with Crippen molar-refractivity contribution < 1.29 is 4.79 Å². The van der Waals surface area contributed by atoms with E-state index in [0.29, 0.717) is 0 Å². The van der Waals surface area contributed by atoms with Crippen LogP contribution in [0.25, 0.3) is 0 Å². The van der Waals surface area contributed by atoms with Crippen LogP contribution in [0.3, 0.4) is 0 Å². The second-order valence-corrected chi connectivity index (χ2v) is 2.92. The summed E-state index contributed by atoms with van der Waals surface area (Å²) in [6.07, 6.45) is 1.59. The van der Waals surface area contributed by atoms with Crippen molar-refractivity contribution in [3.8, 4) is 0 Å². The van der Waals surface area contributed by atoms with Crippen LogP contribution in [0.1, 0.15) is 0 Å². The first-order chi connectivity index (χ1) is 2.89. The average Bonchev–Trinajstić information content (AvgIpc) is 1.86. The standard InChI is InChI=1S/C3H4INO/c6-3-1-2-4-5-3/h1-2,4H,(H,5,6). The van der Waals surface area contributed by atoms with Gasteiger partial charge in [-0.25, -0.2) is 0 Å². The van der Waals surface area contributed by atoms with Crippen LogP contribution in [0.4, 0.5) is 0 Å². The molecule has 1 rings (SSSR count). The summed E-state index contributed by atoms with van der Waals surface area (Å²) in [5, 5.41) is 0. The fourth-order valence-electron chi connectivity index (χ4n) is 0.222. The van der Waals surface area contributed by atoms with Gasteiger partial charge in [0.15, 0.2) is 0 Å². The molecule has 0 aromatic heterocycles. The molecule has 1 N–H and O–H groups in total. The Labute approximate surface area is 46.2 Å². The normalized spacial score (nSPS) is 19.7. The van der Waals surface area contributed by atoms with E-state index in [1.54, 1.807) is 6.08 Å². The summed E-state index contributed by atoms with van der Waals surface area (Å²) in [5.74, 6) is 0.0809. The predicted octanol–water partition coefficient (Wildman–Crippen LogP) is 0.248. The van der Waals surface area contributed by atoms with E-state index in [0.717, 1.165) is 0 Å². The van der Waals surface area contributed by atoms with Crippen LogP contribution in [0.2, 0.25) is 0 Å². The SMILES string of the molecule is O=C1C=C[IH]N1. The molecule has 0 bridgehead atoms. The molecule has 1 aliphatic rings. The third-order valence-corrected chi connectivity index (χ3v) is 2.13. The first kappa shape index (κ1) is 4.11. The zero-order valence-electron chi connectivity index (χ0n) is 2.97. The molecule has 34 valence electrons. The molecular formula is C3H4INO. The number of hydrogen-bond donors (Lipinski definition) is 1. The second kappa shape index (κ2) is 1.59. The molecule has 1 aliphatic heterocycles.